The molecule has 0 aliphatic carbocycles. The lowest BCUT2D eigenvalue weighted by Crippen LogP contribution is -2.05. The molecule has 0 heterocycles. The van der Waals surface area contributed by atoms with Gasteiger partial charge in [-0.15, -0.1) is 0 Å². The molecule has 2 aromatic carbocycles. The number of benzene rings is 2. The molecule has 3 heteroatoms. The molecule has 29 heavy (non-hydrogen) atoms. The van der Waals surface area contributed by atoms with Gasteiger partial charge in [-0.1, -0.05) is 113 Å². The van der Waals surface area contributed by atoms with Gasteiger partial charge in [0.2, 0.25) is 0 Å². The topological polar surface area (TPSA) is 9.23 Å². The molecule has 2 aromatic rings. The first-order chi connectivity index (χ1) is 14.1. The summed E-state index contributed by atoms with van der Waals surface area (Å²) in [7, 11) is 0. The molecule has 0 spiro atoms. The minimum absolute atomic E-state index is 0.184. The first kappa shape index (κ1) is 27.8. The first-order valence-electron chi connectivity index (χ1n) is 11.1. The van der Waals surface area contributed by atoms with Crippen LogP contribution in [0.25, 0.3) is 0 Å². The van der Waals surface area contributed by atoms with Crippen LogP contribution in [-0.2, 0) is 11.2 Å². The maximum atomic E-state index is 12.6. The Morgan fingerprint density at radius 2 is 1.62 bits per heavy atom. The van der Waals surface area contributed by atoms with Crippen molar-refractivity contribution in [2.75, 3.05) is 13.2 Å². The summed E-state index contributed by atoms with van der Waals surface area (Å²) >= 11 is 3.31. The highest BCUT2D eigenvalue weighted by Gasteiger charge is 2.04. The van der Waals surface area contributed by atoms with Gasteiger partial charge in [0.15, 0.2) is 0 Å². The van der Waals surface area contributed by atoms with Crippen molar-refractivity contribution in [3.8, 4) is 0 Å². The largest absolute Gasteiger partial charge is 0.381 e. The third kappa shape index (κ3) is 13.6. The molecule has 0 aliphatic rings. The van der Waals surface area contributed by atoms with Gasteiger partial charge in [-0.05, 0) is 36.1 Å². The highest BCUT2D eigenvalue weighted by Crippen LogP contribution is 2.19. The molecule has 0 bridgehead atoms. The molecule has 2 rings (SSSR count). The fraction of sp³-hybridized carbons (Fsp3) is 0.538. The van der Waals surface area contributed by atoms with Crippen LogP contribution in [0, 0.1) is 5.82 Å². The maximum Gasteiger partial charge on any atom is 0.124 e. The van der Waals surface area contributed by atoms with E-state index in [0.717, 1.165) is 30.5 Å². The molecular formula is C26H40BrFO. The van der Waals surface area contributed by atoms with Gasteiger partial charge >= 0.3 is 0 Å². The van der Waals surface area contributed by atoms with Gasteiger partial charge in [-0.25, -0.2) is 4.39 Å². The van der Waals surface area contributed by atoms with Crippen LogP contribution in [0.2, 0.25) is 0 Å². The molecule has 0 aliphatic heterocycles. The van der Waals surface area contributed by atoms with Crippen LogP contribution in [0.4, 0.5) is 4.39 Å². The Bertz CT molecular complexity index is 615. The maximum absolute atomic E-state index is 12.6. The van der Waals surface area contributed by atoms with Crippen molar-refractivity contribution in [3.05, 3.63) is 69.9 Å². The normalized spacial score (nSPS) is 11.0. The van der Waals surface area contributed by atoms with Crippen LogP contribution in [0.3, 0.4) is 0 Å². The van der Waals surface area contributed by atoms with E-state index in [9.17, 15) is 4.39 Å². The predicted octanol–water partition coefficient (Wildman–Crippen LogP) is 8.95. The van der Waals surface area contributed by atoms with Crippen molar-refractivity contribution in [2.45, 2.75) is 79.1 Å². The van der Waals surface area contributed by atoms with Gasteiger partial charge in [0, 0.05) is 17.0 Å². The van der Waals surface area contributed by atoms with Crippen molar-refractivity contribution < 1.29 is 9.13 Å². The van der Waals surface area contributed by atoms with Crippen LogP contribution >= 0.6 is 15.9 Å². The lowest BCUT2D eigenvalue weighted by molar-refractivity contribution is 0.119. The molecule has 1 unspecified atom stereocenters. The lowest BCUT2D eigenvalue weighted by atomic mass is 10.0. The Morgan fingerprint density at radius 1 is 0.931 bits per heavy atom. The van der Waals surface area contributed by atoms with Crippen LogP contribution in [-0.4, -0.2) is 13.2 Å². The predicted molar refractivity (Wildman–Crippen MR) is 129 cm³/mol. The summed E-state index contributed by atoms with van der Waals surface area (Å²) < 4.78 is 19.1. The second-order valence-electron chi connectivity index (χ2n) is 6.93. The van der Waals surface area contributed by atoms with Crippen molar-refractivity contribution in [1.82, 2.24) is 0 Å². The third-order valence-electron chi connectivity index (χ3n) is 4.41. The zero-order chi connectivity index (χ0) is 21.9. The second-order valence-corrected chi connectivity index (χ2v) is 7.79. The average Bonchev–Trinajstić information content (AvgIpc) is 2.75. The summed E-state index contributed by atoms with van der Waals surface area (Å²) in [5.74, 6) is 0.323. The number of ether oxygens (including phenoxy) is 1. The average molecular weight is 468 g/mol. The molecule has 0 amide bonds. The van der Waals surface area contributed by atoms with E-state index in [4.69, 9.17) is 4.74 Å². The van der Waals surface area contributed by atoms with E-state index in [1.807, 2.05) is 19.9 Å². The minimum atomic E-state index is -0.184. The summed E-state index contributed by atoms with van der Waals surface area (Å²) in [5.41, 5.74) is 2.55. The Morgan fingerprint density at radius 3 is 2.21 bits per heavy atom. The van der Waals surface area contributed by atoms with Gasteiger partial charge in [-0.2, -0.15) is 0 Å². The molecule has 0 aromatic heterocycles. The van der Waals surface area contributed by atoms with Gasteiger partial charge in [0.1, 0.15) is 5.82 Å². The summed E-state index contributed by atoms with van der Waals surface area (Å²) in [4.78, 5) is 0. The van der Waals surface area contributed by atoms with Crippen LogP contribution in [0.5, 0.6) is 0 Å². The van der Waals surface area contributed by atoms with E-state index in [2.05, 4.69) is 67.0 Å². The molecule has 0 fully saturated rings. The van der Waals surface area contributed by atoms with E-state index >= 15 is 0 Å². The fourth-order valence-corrected chi connectivity index (χ4v) is 3.31. The Kier molecular flexibility index (Phi) is 18.0. The van der Waals surface area contributed by atoms with Gasteiger partial charge < -0.3 is 4.74 Å². The number of hydrogen-bond donors (Lipinski definition) is 0. The second kappa shape index (κ2) is 18.8. The molecule has 0 radical (unpaired) electrons. The summed E-state index contributed by atoms with van der Waals surface area (Å²) in [6, 6.07) is 15.4. The van der Waals surface area contributed by atoms with Gasteiger partial charge in [0.05, 0.1) is 6.61 Å². The van der Waals surface area contributed by atoms with Crippen LogP contribution in [0.1, 0.15) is 83.8 Å². The van der Waals surface area contributed by atoms with E-state index < -0.39 is 0 Å². The molecule has 0 saturated carbocycles. The molecule has 1 nitrogen and oxygen atoms in total. The number of aryl methyl sites for hydroxylation is 1. The standard InChI is InChI=1S/C15H24O.C9H10BrF.C2H6/c1-3-4-5-9-12-16-13-14(2)15-10-7-6-8-11-15;1-2-3-7-4-5-8(11)6-9(7)10;1-2/h6-8,10-11,14H,3-5,9,12-13H2,1-2H3;4-6H,2-3H2,1H3;1-2H3. The zero-order valence-corrected chi connectivity index (χ0v) is 20.6. The zero-order valence-electron chi connectivity index (χ0n) is 19.0. The highest BCUT2D eigenvalue weighted by molar-refractivity contribution is 9.10. The number of halogens is 2. The molecule has 164 valence electrons. The van der Waals surface area contributed by atoms with Crippen molar-refractivity contribution in [1.29, 1.82) is 0 Å². The molecule has 0 N–H and O–H groups in total. The Balaban J connectivity index is 0.000000526. The van der Waals surface area contributed by atoms with Crippen molar-refractivity contribution >= 4 is 15.9 Å². The van der Waals surface area contributed by atoms with E-state index in [0.29, 0.717) is 5.92 Å². The van der Waals surface area contributed by atoms with Crippen LogP contribution < -0.4 is 0 Å². The van der Waals surface area contributed by atoms with E-state index in [1.54, 1.807) is 0 Å². The lowest BCUT2D eigenvalue weighted by Gasteiger charge is -2.12. The number of rotatable bonds is 10. The quantitative estimate of drug-likeness (QED) is 0.317. The summed E-state index contributed by atoms with van der Waals surface area (Å²) in [6.45, 7) is 12.3. The van der Waals surface area contributed by atoms with Gasteiger partial charge in [-0.3, -0.25) is 0 Å². The fourth-order valence-electron chi connectivity index (χ4n) is 2.76. The minimum Gasteiger partial charge on any atom is -0.381 e. The van der Waals surface area contributed by atoms with E-state index in [1.165, 1.54) is 48.9 Å². The van der Waals surface area contributed by atoms with Crippen molar-refractivity contribution in [3.63, 3.8) is 0 Å². The van der Waals surface area contributed by atoms with E-state index in [-0.39, 0.29) is 5.82 Å². The van der Waals surface area contributed by atoms with Crippen molar-refractivity contribution in [2.24, 2.45) is 0 Å². The Hall–Kier alpha value is -1.19. The summed E-state index contributed by atoms with van der Waals surface area (Å²) in [6.07, 6.45) is 7.22. The monoisotopic (exact) mass is 466 g/mol. The highest BCUT2D eigenvalue weighted by atomic mass is 79.9. The number of hydrogen-bond acceptors (Lipinski definition) is 1. The Labute approximate surface area is 187 Å². The van der Waals surface area contributed by atoms with Crippen LogP contribution in [0.15, 0.2) is 53.0 Å². The molecule has 1 atom stereocenters. The third-order valence-corrected chi connectivity index (χ3v) is 5.15. The SMILES string of the molecule is CC.CCCCCCOCC(C)c1ccccc1.CCCc1ccc(F)cc1Br. The molecular weight excluding hydrogens is 427 g/mol. The number of unbranched alkanes of at least 4 members (excludes halogenated alkanes) is 3. The van der Waals surface area contributed by atoms with Gasteiger partial charge in [0.25, 0.3) is 0 Å². The summed E-state index contributed by atoms with van der Waals surface area (Å²) in [5, 5.41) is 0. The molecule has 0 saturated heterocycles. The smallest absolute Gasteiger partial charge is 0.124 e. The first-order valence-corrected chi connectivity index (χ1v) is 11.9.